The number of carbonyl (C=O) groups is 1. The molecule has 0 fully saturated rings. The number of hydrogen-bond acceptors (Lipinski definition) is 2. The predicted octanol–water partition coefficient (Wildman–Crippen LogP) is 5.05. The third kappa shape index (κ3) is 3.86. The zero-order valence-corrected chi connectivity index (χ0v) is 16.0. The molecule has 2 heterocycles. The van der Waals surface area contributed by atoms with Gasteiger partial charge in [-0.25, -0.2) is 0 Å². The van der Waals surface area contributed by atoms with Crippen LogP contribution in [0.5, 0.6) is 0 Å². The second-order valence-electron chi connectivity index (χ2n) is 7.08. The van der Waals surface area contributed by atoms with Crippen LogP contribution >= 0.6 is 0 Å². The minimum absolute atomic E-state index is 0.00654. The molecule has 0 aliphatic carbocycles. The Balaban J connectivity index is 1.53. The molecule has 1 amide bonds. The van der Waals surface area contributed by atoms with Crippen molar-refractivity contribution in [3.8, 4) is 0 Å². The van der Waals surface area contributed by atoms with Crippen LogP contribution in [0.2, 0.25) is 0 Å². The minimum atomic E-state index is 0.00654. The lowest BCUT2D eigenvalue weighted by atomic mass is 10.1. The highest BCUT2D eigenvalue weighted by Crippen LogP contribution is 2.21. The first-order valence-electron chi connectivity index (χ1n) is 9.61. The van der Waals surface area contributed by atoms with E-state index in [-0.39, 0.29) is 5.91 Å². The molecule has 2 aromatic carbocycles. The first kappa shape index (κ1) is 18.1. The summed E-state index contributed by atoms with van der Waals surface area (Å²) in [4.78, 5) is 15.0. The van der Waals surface area contributed by atoms with Crippen molar-refractivity contribution in [1.29, 1.82) is 0 Å². The molecule has 0 radical (unpaired) electrons. The molecule has 0 bridgehead atoms. The molecule has 0 atom stereocenters. The fourth-order valence-electron chi connectivity index (χ4n) is 3.63. The highest BCUT2D eigenvalue weighted by molar-refractivity contribution is 5.94. The Morgan fingerprint density at radius 1 is 1.04 bits per heavy atom. The number of aryl methyl sites for hydroxylation is 2. The third-order valence-electron chi connectivity index (χ3n) is 5.20. The van der Waals surface area contributed by atoms with Gasteiger partial charge >= 0.3 is 0 Å². The third-order valence-corrected chi connectivity index (χ3v) is 5.20. The van der Waals surface area contributed by atoms with Crippen LogP contribution in [0.25, 0.3) is 10.9 Å². The Hall–Kier alpha value is -3.27. The summed E-state index contributed by atoms with van der Waals surface area (Å²) in [5.41, 5.74) is 4.19. The van der Waals surface area contributed by atoms with Crippen molar-refractivity contribution in [3.05, 3.63) is 96.1 Å². The molecule has 4 rings (SSSR count). The highest BCUT2D eigenvalue weighted by Gasteiger charge is 2.19. The highest BCUT2D eigenvalue weighted by atomic mass is 16.3. The summed E-state index contributed by atoms with van der Waals surface area (Å²) in [5, 5.41) is 1.19. The van der Waals surface area contributed by atoms with Crippen LogP contribution in [-0.2, 0) is 20.0 Å². The Morgan fingerprint density at radius 3 is 2.57 bits per heavy atom. The van der Waals surface area contributed by atoms with E-state index in [2.05, 4.69) is 54.1 Å². The van der Waals surface area contributed by atoms with E-state index < -0.39 is 0 Å². The van der Waals surface area contributed by atoms with E-state index in [0.29, 0.717) is 18.7 Å². The number of fused-ring (bicyclic) bond motifs is 1. The average molecular weight is 372 g/mol. The molecule has 0 aliphatic rings. The number of aromatic nitrogens is 1. The molecular formula is C24H24N2O2. The zero-order chi connectivity index (χ0) is 19.3. The van der Waals surface area contributed by atoms with Crippen LogP contribution in [-0.4, -0.2) is 21.9 Å². The number of amides is 1. The van der Waals surface area contributed by atoms with E-state index in [1.165, 1.54) is 22.7 Å². The lowest BCUT2D eigenvalue weighted by molar-refractivity contribution is 0.0737. The lowest BCUT2D eigenvalue weighted by Gasteiger charge is -2.22. The fourth-order valence-corrected chi connectivity index (χ4v) is 3.63. The van der Waals surface area contributed by atoms with Crippen LogP contribution in [0, 0.1) is 0 Å². The molecule has 0 aliphatic heterocycles. The number of carbonyl (C=O) groups excluding carboxylic acids is 1. The van der Waals surface area contributed by atoms with Crippen molar-refractivity contribution in [2.45, 2.75) is 19.4 Å². The largest absolute Gasteiger partial charge is 0.472 e. The Bertz CT molecular complexity index is 1050. The first-order chi connectivity index (χ1) is 13.7. The van der Waals surface area contributed by atoms with Crippen LogP contribution in [0.3, 0.4) is 0 Å². The molecule has 0 saturated heterocycles. The van der Waals surface area contributed by atoms with Gasteiger partial charge in [-0.1, -0.05) is 48.5 Å². The van der Waals surface area contributed by atoms with Crippen LogP contribution in [0.4, 0.5) is 0 Å². The minimum Gasteiger partial charge on any atom is -0.472 e. The maximum absolute atomic E-state index is 13.0. The van der Waals surface area contributed by atoms with E-state index in [1.807, 2.05) is 23.1 Å². The van der Waals surface area contributed by atoms with Crippen LogP contribution in [0.15, 0.2) is 83.7 Å². The van der Waals surface area contributed by atoms with E-state index in [1.54, 1.807) is 12.3 Å². The standard InChI is InChI=1S/C24H24N2O2/c1-25-22(16-20-11-5-6-12-23(20)25)17-26(24(27)21-13-15-28-18-21)14-7-10-19-8-3-2-4-9-19/h2-6,8-9,11-13,15-16,18H,7,10,14,17H2,1H3. The molecule has 4 aromatic rings. The summed E-state index contributed by atoms with van der Waals surface area (Å²) in [7, 11) is 2.06. The number of rotatable bonds is 7. The molecule has 142 valence electrons. The van der Waals surface area contributed by atoms with Crippen molar-refractivity contribution in [2.75, 3.05) is 6.54 Å². The SMILES string of the molecule is Cn1c(CN(CCCc2ccccc2)C(=O)c2ccoc2)cc2ccccc21. The maximum atomic E-state index is 13.0. The monoisotopic (exact) mass is 372 g/mol. The van der Waals surface area contributed by atoms with Gasteiger partial charge in [-0.15, -0.1) is 0 Å². The second kappa shape index (κ2) is 8.17. The Labute approximate surface area is 165 Å². The molecule has 28 heavy (non-hydrogen) atoms. The Morgan fingerprint density at radius 2 is 1.82 bits per heavy atom. The van der Waals surface area contributed by atoms with E-state index in [9.17, 15) is 4.79 Å². The fraction of sp³-hybridized carbons (Fsp3) is 0.208. The molecule has 4 heteroatoms. The van der Waals surface area contributed by atoms with E-state index in [0.717, 1.165) is 18.5 Å². The van der Waals surface area contributed by atoms with Gasteiger partial charge in [0.05, 0.1) is 18.4 Å². The van der Waals surface area contributed by atoms with E-state index >= 15 is 0 Å². The van der Waals surface area contributed by atoms with Gasteiger partial charge in [0.2, 0.25) is 0 Å². The number of hydrogen-bond donors (Lipinski definition) is 0. The maximum Gasteiger partial charge on any atom is 0.257 e. The van der Waals surface area contributed by atoms with Gasteiger partial charge in [0.15, 0.2) is 0 Å². The number of furan rings is 1. The molecule has 2 aromatic heterocycles. The summed E-state index contributed by atoms with van der Waals surface area (Å²) < 4.78 is 7.30. The summed E-state index contributed by atoms with van der Waals surface area (Å²) >= 11 is 0. The Kier molecular flexibility index (Phi) is 5.29. The van der Waals surface area contributed by atoms with Crippen LogP contribution in [0.1, 0.15) is 28.0 Å². The quantitative estimate of drug-likeness (QED) is 0.455. The van der Waals surface area contributed by atoms with Gasteiger partial charge in [0.25, 0.3) is 5.91 Å². The van der Waals surface area contributed by atoms with Gasteiger partial charge in [-0.05, 0) is 42.0 Å². The predicted molar refractivity (Wildman–Crippen MR) is 111 cm³/mol. The first-order valence-corrected chi connectivity index (χ1v) is 9.61. The number of nitrogens with zero attached hydrogens (tertiary/aromatic N) is 2. The smallest absolute Gasteiger partial charge is 0.257 e. The van der Waals surface area contributed by atoms with Crippen molar-refractivity contribution < 1.29 is 9.21 Å². The summed E-state index contributed by atoms with van der Waals surface area (Å²) in [6.45, 7) is 1.27. The number of para-hydroxylation sites is 1. The number of benzene rings is 2. The molecule has 0 spiro atoms. The van der Waals surface area contributed by atoms with Crippen molar-refractivity contribution in [1.82, 2.24) is 9.47 Å². The van der Waals surface area contributed by atoms with Gasteiger partial charge < -0.3 is 13.9 Å². The summed E-state index contributed by atoms with van der Waals surface area (Å²) in [5.74, 6) is 0.00654. The van der Waals surface area contributed by atoms with Gasteiger partial charge in [-0.3, -0.25) is 4.79 Å². The molecule has 0 unspecified atom stereocenters. The van der Waals surface area contributed by atoms with Gasteiger partial charge in [0.1, 0.15) is 6.26 Å². The zero-order valence-electron chi connectivity index (χ0n) is 16.0. The molecule has 0 N–H and O–H groups in total. The van der Waals surface area contributed by atoms with Crippen molar-refractivity contribution in [3.63, 3.8) is 0 Å². The van der Waals surface area contributed by atoms with Crippen LogP contribution < -0.4 is 0 Å². The van der Waals surface area contributed by atoms with Gasteiger partial charge in [0, 0.05) is 24.8 Å². The lowest BCUT2D eigenvalue weighted by Crippen LogP contribution is -2.32. The molecule has 4 nitrogen and oxygen atoms in total. The molecule has 0 saturated carbocycles. The van der Waals surface area contributed by atoms with Crippen molar-refractivity contribution >= 4 is 16.8 Å². The average Bonchev–Trinajstić information content (AvgIpc) is 3.37. The summed E-state index contributed by atoms with van der Waals surface area (Å²) in [6, 6.07) is 22.6. The van der Waals surface area contributed by atoms with E-state index in [4.69, 9.17) is 4.42 Å². The van der Waals surface area contributed by atoms with Crippen molar-refractivity contribution in [2.24, 2.45) is 7.05 Å². The normalized spacial score (nSPS) is 11.0. The van der Waals surface area contributed by atoms with Gasteiger partial charge in [-0.2, -0.15) is 0 Å². The summed E-state index contributed by atoms with van der Waals surface area (Å²) in [6.07, 6.45) is 4.93. The second-order valence-corrected chi connectivity index (χ2v) is 7.08. The molecular weight excluding hydrogens is 348 g/mol. The topological polar surface area (TPSA) is 38.4 Å².